The molecule has 0 fully saturated rings. The Labute approximate surface area is 108 Å². The minimum atomic E-state index is -2.19. The number of carbonyl (C=O) groups excluding carboxylic acids is 1. The topological polar surface area (TPSA) is 101 Å². The zero-order valence-corrected chi connectivity index (χ0v) is 10.4. The van der Waals surface area contributed by atoms with E-state index in [-0.39, 0.29) is 40.9 Å². The molecular weight excluding hydrogens is 211 g/mol. The summed E-state index contributed by atoms with van der Waals surface area (Å²) >= 11 is 0. The molecular formula is C9H9NaO5. The third kappa shape index (κ3) is 2.85. The number of aromatic hydroxyl groups is 2. The summed E-state index contributed by atoms with van der Waals surface area (Å²) in [6.45, 7) is 1.02. The molecule has 76 valence electrons. The molecule has 0 spiro atoms. The Hall–Kier alpha value is -0.750. The van der Waals surface area contributed by atoms with Crippen LogP contribution in [0.25, 0.3) is 0 Å². The van der Waals surface area contributed by atoms with Crippen LogP contribution in [0.1, 0.15) is 12.5 Å². The molecule has 1 atom stereocenters. The number of hydrogen-bond donors (Lipinski definition) is 3. The van der Waals surface area contributed by atoms with Gasteiger partial charge in [-0.1, -0.05) is 6.07 Å². The van der Waals surface area contributed by atoms with Gasteiger partial charge in [0.25, 0.3) is 0 Å². The molecule has 0 saturated carbocycles. The Bertz CT molecular complexity index is 375. The van der Waals surface area contributed by atoms with Crippen molar-refractivity contribution in [2.24, 2.45) is 0 Å². The molecule has 1 aromatic rings. The second-order valence-electron chi connectivity index (χ2n) is 3.06. The van der Waals surface area contributed by atoms with Gasteiger partial charge in [-0.15, -0.1) is 0 Å². The summed E-state index contributed by atoms with van der Waals surface area (Å²) in [6, 6.07) is 3.23. The number of aliphatic hydroxyl groups is 1. The number of rotatable bonds is 2. The molecule has 0 radical (unpaired) electrons. The van der Waals surface area contributed by atoms with Crippen LogP contribution in [-0.4, -0.2) is 21.3 Å². The third-order valence-corrected chi connectivity index (χ3v) is 1.93. The average molecular weight is 220 g/mol. The Morgan fingerprint density at radius 1 is 1.33 bits per heavy atom. The summed E-state index contributed by atoms with van der Waals surface area (Å²) in [6.07, 6.45) is 0. The predicted molar refractivity (Wildman–Crippen MR) is 44.3 cm³/mol. The van der Waals surface area contributed by atoms with Gasteiger partial charge in [-0.05, 0) is 24.6 Å². The van der Waals surface area contributed by atoms with E-state index in [9.17, 15) is 15.0 Å². The quantitative estimate of drug-likeness (QED) is 0.349. The van der Waals surface area contributed by atoms with Crippen molar-refractivity contribution in [3.63, 3.8) is 0 Å². The van der Waals surface area contributed by atoms with E-state index in [4.69, 9.17) is 10.2 Å². The van der Waals surface area contributed by atoms with Crippen LogP contribution in [0.15, 0.2) is 18.2 Å². The number of hydrogen-bond acceptors (Lipinski definition) is 5. The Morgan fingerprint density at radius 3 is 2.27 bits per heavy atom. The standard InChI is InChI=1S/C9H10O5.Na/c1-9(14,8(12)13)5-2-3-6(10)7(11)4-5;/h2-4,10-11,14H,1H3,(H,12,13);/q;+1/p-1. The van der Waals surface area contributed by atoms with Crippen LogP contribution in [0.2, 0.25) is 0 Å². The van der Waals surface area contributed by atoms with Crippen molar-refractivity contribution in [2.75, 3.05) is 0 Å². The Morgan fingerprint density at radius 2 is 1.87 bits per heavy atom. The van der Waals surface area contributed by atoms with Gasteiger partial charge < -0.3 is 25.2 Å². The Balaban J connectivity index is 0.00000196. The van der Waals surface area contributed by atoms with Gasteiger partial charge in [0.2, 0.25) is 0 Å². The zero-order valence-electron chi connectivity index (χ0n) is 8.39. The molecule has 0 bridgehead atoms. The van der Waals surface area contributed by atoms with E-state index in [1.165, 1.54) is 6.07 Å². The molecule has 0 aliphatic rings. The van der Waals surface area contributed by atoms with E-state index in [1.807, 2.05) is 0 Å². The van der Waals surface area contributed by atoms with E-state index in [1.54, 1.807) is 0 Å². The van der Waals surface area contributed by atoms with Gasteiger partial charge in [0, 0.05) is 0 Å². The maximum Gasteiger partial charge on any atom is 1.00 e. The van der Waals surface area contributed by atoms with Crippen molar-refractivity contribution in [3.8, 4) is 11.5 Å². The first-order valence-electron chi connectivity index (χ1n) is 3.82. The molecule has 0 aromatic heterocycles. The number of phenolic OH excluding ortho intramolecular Hbond substituents is 2. The fraction of sp³-hybridized carbons (Fsp3) is 0.222. The van der Waals surface area contributed by atoms with E-state index in [2.05, 4.69) is 0 Å². The van der Waals surface area contributed by atoms with Crippen LogP contribution in [-0.2, 0) is 10.4 Å². The van der Waals surface area contributed by atoms with Gasteiger partial charge in [-0.2, -0.15) is 0 Å². The predicted octanol–water partition coefficient (Wildman–Crippen LogP) is -3.94. The van der Waals surface area contributed by atoms with Crippen LogP contribution in [0.5, 0.6) is 11.5 Å². The minimum Gasteiger partial charge on any atom is -0.547 e. The van der Waals surface area contributed by atoms with Gasteiger partial charge in [0.05, 0.1) is 5.97 Å². The molecule has 0 amide bonds. The molecule has 5 nitrogen and oxygen atoms in total. The first-order chi connectivity index (χ1) is 6.35. The van der Waals surface area contributed by atoms with Gasteiger partial charge in [0.1, 0.15) is 5.60 Å². The summed E-state index contributed by atoms with van der Waals surface area (Å²) in [5.74, 6) is -2.56. The minimum absolute atomic E-state index is 0. The normalized spacial score (nSPS) is 13.7. The van der Waals surface area contributed by atoms with E-state index in [0.717, 1.165) is 19.1 Å². The second kappa shape index (κ2) is 4.85. The van der Waals surface area contributed by atoms with Crippen LogP contribution in [0.4, 0.5) is 0 Å². The number of carboxylic acid groups (broad SMARTS) is 1. The van der Waals surface area contributed by atoms with Crippen molar-refractivity contribution in [1.82, 2.24) is 0 Å². The van der Waals surface area contributed by atoms with Gasteiger partial charge in [0.15, 0.2) is 11.5 Å². The molecule has 0 aliphatic carbocycles. The molecule has 3 N–H and O–H groups in total. The molecule has 15 heavy (non-hydrogen) atoms. The maximum atomic E-state index is 10.5. The summed E-state index contributed by atoms with van der Waals surface area (Å²) in [7, 11) is 0. The SMILES string of the molecule is CC(O)(C(=O)[O-])c1ccc(O)c(O)c1.[Na+]. The molecule has 1 rings (SSSR count). The van der Waals surface area contributed by atoms with Crippen LogP contribution in [0.3, 0.4) is 0 Å². The summed E-state index contributed by atoms with van der Waals surface area (Å²) in [5, 5.41) is 38.0. The van der Waals surface area contributed by atoms with Crippen LogP contribution < -0.4 is 34.7 Å². The van der Waals surface area contributed by atoms with Crippen molar-refractivity contribution in [2.45, 2.75) is 12.5 Å². The number of benzene rings is 1. The van der Waals surface area contributed by atoms with Gasteiger partial charge in [-0.25, -0.2) is 0 Å². The maximum absolute atomic E-state index is 10.5. The summed E-state index contributed by atoms with van der Waals surface area (Å²) < 4.78 is 0. The smallest absolute Gasteiger partial charge is 0.547 e. The fourth-order valence-corrected chi connectivity index (χ4v) is 0.944. The first-order valence-corrected chi connectivity index (χ1v) is 3.82. The van der Waals surface area contributed by atoms with Crippen molar-refractivity contribution >= 4 is 5.97 Å². The molecule has 6 heteroatoms. The van der Waals surface area contributed by atoms with Crippen molar-refractivity contribution < 1.29 is 54.8 Å². The van der Waals surface area contributed by atoms with Crippen LogP contribution >= 0.6 is 0 Å². The van der Waals surface area contributed by atoms with Crippen molar-refractivity contribution in [1.29, 1.82) is 0 Å². The van der Waals surface area contributed by atoms with E-state index < -0.39 is 17.3 Å². The summed E-state index contributed by atoms with van der Waals surface area (Å²) in [4.78, 5) is 10.5. The fourth-order valence-electron chi connectivity index (χ4n) is 0.944. The number of phenols is 2. The number of aliphatic carboxylic acids is 1. The van der Waals surface area contributed by atoms with Crippen molar-refractivity contribution in [3.05, 3.63) is 23.8 Å². The average Bonchev–Trinajstić information content (AvgIpc) is 2.09. The zero-order chi connectivity index (χ0) is 10.9. The number of carbonyl (C=O) groups is 1. The molecule has 1 unspecified atom stereocenters. The number of carboxylic acids is 1. The molecule has 1 aromatic carbocycles. The van der Waals surface area contributed by atoms with Gasteiger partial charge in [-0.3, -0.25) is 0 Å². The molecule has 0 heterocycles. The second-order valence-corrected chi connectivity index (χ2v) is 3.06. The monoisotopic (exact) mass is 220 g/mol. The molecule has 0 saturated heterocycles. The van der Waals surface area contributed by atoms with E-state index in [0.29, 0.717) is 0 Å². The largest absolute Gasteiger partial charge is 1.00 e. The summed E-state index contributed by atoms with van der Waals surface area (Å²) in [5.41, 5.74) is -2.25. The van der Waals surface area contributed by atoms with E-state index >= 15 is 0 Å². The Kier molecular flexibility index (Phi) is 4.61. The first kappa shape index (κ1) is 14.2. The van der Waals surface area contributed by atoms with Crippen LogP contribution in [0, 0.1) is 0 Å². The van der Waals surface area contributed by atoms with Gasteiger partial charge >= 0.3 is 29.6 Å². The third-order valence-electron chi connectivity index (χ3n) is 1.93. The molecule has 0 aliphatic heterocycles.